The molecule has 1 amide bonds. The summed E-state index contributed by atoms with van der Waals surface area (Å²) in [6.45, 7) is 7.73. The van der Waals surface area contributed by atoms with Gasteiger partial charge in [0.05, 0.1) is 18.6 Å². The molecule has 84 valence electrons. The van der Waals surface area contributed by atoms with Crippen molar-refractivity contribution in [3.05, 3.63) is 11.3 Å². The van der Waals surface area contributed by atoms with Crippen molar-refractivity contribution in [3.8, 4) is 0 Å². The van der Waals surface area contributed by atoms with Crippen LogP contribution in [0.3, 0.4) is 0 Å². The number of hydrogen-bond donors (Lipinski definition) is 0. The van der Waals surface area contributed by atoms with Gasteiger partial charge in [-0.25, -0.2) is 4.79 Å². The minimum Gasteiger partial charge on any atom is -0.463 e. The maximum Gasteiger partial charge on any atom is 0.336 e. The first-order valence-corrected chi connectivity index (χ1v) is 5.18. The average molecular weight is 211 g/mol. The molecule has 0 N–H and O–H groups in total. The van der Waals surface area contributed by atoms with Gasteiger partial charge >= 0.3 is 5.97 Å². The fourth-order valence-corrected chi connectivity index (χ4v) is 1.81. The molecule has 15 heavy (non-hydrogen) atoms. The predicted molar refractivity (Wildman–Crippen MR) is 55.9 cm³/mol. The summed E-state index contributed by atoms with van der Waals surface area (Å²) in [7, 11) is 0. The second-order valence-electron chi connectivity index (χ2n) is 3.82. The van der Waals surface area contributed by atoms with Crippen LogP contribution < -0.4 is 0 Å². The van der Waals surface area contributed by atoms with E-state index in [1.165, 1.54) is 0 Å². The molecule has 0 saturated carbocycles. The van der Waals surface area contributed by atoms with E-state index in [0.29, 0.717) is 12.2 Å². The quantitative estimate of drug-likeness (QED) is 0.664. The number of rotatable bonds is 3. The van der Waals surface area contributed by atoms with Crippen LogP contribution in [0.4, 0.5) is 0 Å². The molecule has 0 unspecified atom stereocenters. The number of ether oxygens (including phenoxy) is 1. The first-order valence-electron chi connectivity index (χ1n) is 5.18. The first kappa shape index (κ1) is 11.8. The molecule has 1 heterocycles. The Morgan fingerprint density at radius 1 is 1.53 bits per heavy atom. The third kappa shape index (κ3) is 2.19. The fourth-order valence-electron chi connectivity index (χ4n) is 1.81. The summed E-state index contributed by atoms with van der Waals surface area (Å²) in [4.78, 5) is 24.8. The van der Waals surface area contributed by atoms with E-state index in [2.05, 4.69) is 0 Å². The van der Waals surface area contributed by atoms with Crippen LogP contribution in [0.2, 0.25) is 0 Å². The van der Waals surface area contributed by atoms with Gasteiger partial charge in [-0.1, -0.05) is 0 Å². The molecule has 0 fully saturated rings. The van der Waals surface area contributed by atoms with Gasteiger partial charge in [0.2, 0.25) is 5.91 Å². The summed E-state index contributed by atoms with van der Waals surface area (Å²) in [5.41, 5.74) is 1.23. The highest BCUT2D eigenvalue weighted by atomic mass is 16.5. The lowest BCUT2D eigenvalue weighted by molar-refractivity contribution is -0.139. The van der Waals surface area contributed by atoms with E-state index in [1.54, 1.807) is 18.7 Å². The van der Waals surface area contributed by atoms with Gasteiger partial charge in [0.25, 0.3) is 0 Å². The molecule has 0 radical (unpaired) electrons. The summed E-state index contributed by atoms with van der Waals surface area (Å²) in [5.74, 6) is -0.392. The van der Waals surface area contributed by atoms with Gasteiger partial charge in [0, 0.05) is 11.7 Å². The molecule has 4 nitrogen and oxygen atoms in total. The highest BCUT2D eigenvalue weighted by Gasteiger charge is 2.33. The topological polar surface area (TPSA) is 46.6 Å². The third-order valence-electron chi connectivity index (χ3n) is 2.43. The Hall–Kier alpha value is -1.32. The summed E-state index contributed by atoms with van der Waals surface area (Å²) in [5, 5.41) is 0. The van der Waals surface area contributed by atoms with Crippen LogP contribution in [-0.4, -0.2) is 29.4 Å². The van der Waals surface area contributed by atoms with E-state index >= 15 is 0 Å². The minimum atomic E-state index is -0.369. The Labute approximate surface area is 89.9 Å². The molecular formula is C11H17NO3. The molecule has 0 aromatic carbocycles. The smallest absolute Gasteiger partial charge is 0.336 e. The van der Waals surface area contributed by atoms with Gasteiger partial charge in [-0.15, -0.1) is 0 Å². The molecule has 0 saturated heterocycles. The maximum absolute atomic E-state index is 11.6. The van der Waals surface area contributed by atoms with Crippen LogP contribution >= 0.6 is 0 Å². The van der Waals surface area contributed by atoms with Crippen LogP contribution in [0.25, 0.3) is 0 Å². The molecule has 1 rings (SSSR count). The van der Waals surface area contributed by atoms with Gasteiger partial charge in [-0.05, 0) is 27.7 Å². The van der Waals surface area contributed by atoms with Crippen molar-refractivity contribution >= 4 is 11.9 Å². The van der Waals surface area contributed by atoms with Crippen molar-refractivity contribution in [1.29, 1.82) is 0 Å². The maximum atomic E-state index is 11.6. The Balaban J connectivity index is 2.91. The number of allylic oxidation sites excluding steroid dienone is 1. The van der Waals surface area contributed by atoms with Crippen molar-refractivity contribution in [2.45, 2.75) is 40.2 Å². The molecule has 4 heteroatoms. The standard InChI is InChI=1S/C11H17NO3/c1-5-15-11(14)9-6-10(13)12(7(2)3)8(9)4/h7H,5-6H2,1-4H3. The molecule has 0 atom stereocenters. The van der Waals surface area contributed by atoms with E-state index in [9.17, 15) is 9.59 Å². The highest BCUT2D eigenvalue weighted by molar-refractivity contribution is 6.00. The number of amides is 1. The molecule has 1 aliphatic rings. The SMILES string of the molecule is CCOC(=O)C1=C(C)N(C(C)C)C(=O)C1. The molecular weight excluding hydrogens is 194 g/mol. The van der Waals surface area contributed by atoms with Crippen molar-refractivity contribution < 1.29 is 14.3 Å². The van der Waals surface area contributed by atoms with Crippen LogP contribution in [0, 0.1) is 0 Å². The second kappa shape index (κ2) is 4.47. The van der Waals surface area contributed by atoms with Crippen molar-refractivity contribution in [3.63, 3.8) is 0 Å². The average Bonchev–Trinajstić information content (AvgIpc) is 2.42. The van der Waals surface area contributed by atoms with Crippen molar-refractivity contribution in [2.75, 3.05) is 6.61 Å². The highest BCUT2D eigenvalue weighted by Crippen LogP contribution is 2.26. The zero-order chi connectivity index (χ0) is 11.6. The lowest BCUT2D eigenvalue weighted by Crippen LogP contribution is -2.31. The second-order valence-corrected chi connectivity index (χ2v) is 3.82. The largest absolute Gasteiger partial charge is 0.463 e. The van der Waals surface area contributed by atoms with E-state index in [-0.39, 0.29) is 24.3 Å². The van der Waals surface area contributed by atoms with Gasteiger partial charge < -0.3 is 9.64 Å². The van der Waals surface area contributed by atoms with Crippen molar-refractivity contribution in [1.82, 2.24) is 4.90 Å². The number of carbonyl (C=O) groups is 2. The zero-order valence-corrected chi connectivity index (χ0v) is 9.66. The molecule has 0 aromatic heterocycles. The molecule has 0 aliphatic carbocycles. The lowest BCUT2D eigenvalue weighted by Gasteiger charge is -2.22. The summed E-state index contributed by atoms with van der Waals surface area (Å²) in [6.07, 6.45) is 0.169. The summed E-state index contributed by atoms with van der Waals surface area (Å²) < 4.78 is 4.90. The van der Waals surface area contributed by atoms with E-state index < -0.39 is 0 Å². The first-order chi connectivity index (χ1) is 6.99. The lowest BCUT2D eigenvalue weighted by atomic mass is 10.2. The summed E-state index contributed by atoms with van der Waals surface area (Å²) in [6, 6.07) is 0.0874. The van der Waals surface area contributed by atoms with E-state index in [4.69, 9.17) is 4.74 Å². The van der Waals surface area contributed by atoms with E-state index in [0.717, 1.165) is 5.70 Å². The minimum absolute atomic E-state index is 0.0226. The van der Waals surface area contributed by atoms with Gasteiger partial charge in [-0.2, -0.15) is 0 Å². The van der Waals surface area contributed by atoms with Crippen LogP contribution in [0.5, 0.6) is 0 Å². The Morgan fingerprint density at radius 3 is 2.53 bits per heavy atom. The molecule has 1 aliphatic heterocycles. The van der Waals surface area contributed by atoms with Crippen LogP contribution in [0.1, 0.15) is 34.1 Å². The number of esters is 1. The molecule has 0 aromatic rings. The van der Waals surface area contributed by atoms with Gasteiger partial charge in [0.15, 0.2) is 0 Å². The number of carbonyl (C=O) groups excluding carboxylic acids is 2. The van der Waals surface area contributed by atoms with Crippen LogP contribution in [0.15, 0.2) is 11.3 Å². The number of nitrogens with zero attached hydrogens (tertiary/aromatic N) is 1. The van der Waals surface area contributed by atoms with Crippen molar-refractivity contribution in [2.24, 2.45) is 0 Å². The summed E-state index contributed by atoms with van der Waals surface area (Å²) >= 11 is 0. The fraction of sp³-hybridized carbons (Fsp3) is 0.636. The van der Waals surface area contributed by atoms with Crippen LogP contribution in [-0.2, 0) is 14.3 Å². The third-order valence-corrected chi connectivity index (χ3v) is 2.43. The Bertz CT molecular complexity index is 318. The normalized spacial score (nSPS) is 16.6. The molecule has 0 bridgehead atoms. The van der Waals surface area contributed by atoms with Gasteiger partial charge in [-0.3, -0.25) is 4.79 Å². The molecule has 0 spiro atoms. The monoisotopic (exact) mass is 211 g/mol. The van der Waals surface area contributed by atoms with E-state index in [1.807, 2.05) is 13.8 Å². The Kier molecular flexibility index (Phi) is 3.50. The zero-order valence-electron chi connectivity index (χ0n) is 9.66. The Morgan fingerprint density at radius 2 is 2.13 bits per heavy atom. The van der Waals surface area contributed by atoms with Gasteiger partial charge in [0.1, 0.15) is 0 Å². The predicted octanol–water partition coefficient (Wildman–Crippen LogP) is 1.46. The number of hydrogen-bond acceptors (Lipinski definition) is 3.